The molecule has 0 fully saturated rings. The van der Waals surface area contributed by atoms with E-state index in [-0.39, 0.29) is 11.7 Å². The van der Waals surface area contributed by atoms with Crippen LogP contribution in [0.2, 0.25) is 0 Å². The lowest BCUT2D eigenvalue weighted by molar-refractivity contribution is -0.456. The summed E-state index contributed by atoms with van der Waals surface area (Å²) < 4.78 is 0. The van der Waals surface area contributed by atoms with Crippen LogP contribution < -0.4 is 21.8 Å². The number of ketones is 1. The molecule has 2 aromatic rings. The van der Waals surface area contributed by atoms with Gasteiger partial charge in [0, 0.05) is 29.6 Å². The highest BCUT2D eigenvalue weighted by Gasteiger charge is 2.20. The lowest BCUT2D eigenvalue weighted by atomic mass is 9.88. The van der Waals surface area contributed by atoms with Crippen LogP contribution in [0, 0.1) is 0 Å². The number of nitrogens with one attached hydrogen (secondary N) is 2. The van der Waals surface area contributed by atoms with Gasteiger partial charge in [0.15, 0.2) is 5.78 Å². The van der Waals surface area contributed by atoms with E-state index in [1.807, 2.05) is 42.5 Å². The smallest absolute Gasteiger partial charge is 0.309 e. The second-order valence-corrected chi connectivity index (χ2v) is 5.31. The summed E-state index contributed by atoms with van der Waals surface area (Å²) in [7, 11) is 0. The molecule has 22 heavy (non-hydrogen) atoms. The van der Waals surface area contributed by atoms with Crippen molar-refractivity contribution in [1.82, 2.24) is 5.32 Å². The molecule has 0 saturated heterocycles. The average Bonchev–Trinajstić information content (AvgIpc) is 2.51. The van der Waals surface area contributed by atoms with E-state index >= 15 is 0 Å². The van der Waals surface area contributed by atoms with E-state index in [1.165, 1.54) is 0 Å². The lowest BCUT2D eigenvalue weighted by Gasteiger charge is -2.17. The second kappa shape index (κ2) is 5.99. The molecule has 0 heterocycles. The molecule has 0 spiro atoms. The molecule has 0 aromatic heterocycles. The largest absolute Gasteiger partial charge is 0.338 e. The second-order valence-electron chi connectivity index (χ2n) is 5.31. The van der Waals surface area contributed by atoms with Crippen LogP contribution in [0.1, 0.15) is 15.9 Å². The van der Waals surface area contributed by atoms with Crippen LogP contribution in [-0.2, 0) is 0 Å². The van der Waals surface area contributed by atoms with Crippen molar-refractivity contribution in [1.29, 1.82) is 0 Å². The Balaban J connectivity index is 1.80. The fourth-order valence-corrected chi connectivity index (χ4v) is 2.76. The Morgan fingerprint density at radius 1 is 1.14 bits per heavy atom. The first-order chi connectivity index (χ1) is 10.7. The zero-order valence-electron chi connectivity index (χ0n) is 12.2. The maximum absolute atomic E-state index is 12.6. The number of carbonyl (C=O) groups excluding carboxylic acids is 1. The zero-order chi connectivity index (χ0) is 15.5. The Morgan fingerprint density at radius 2 is 1.91 bits per heavy atom. The number of hydrogen-bond acceptors (Lipinski definition) is 2. The van der Waals surface area contributed by atoms with Gasteiger partial charge in [0.05, 0.1) is 6.54 Å². The fraction of sp³-hybridized carbons (Fsp3) is 0.176. The molecule has 1 aliphatic rings. The summed E-state index contributed by atoms with van der Waals surface area (Å²) in [6.45, 7) is 1.82. The number of carbonyl (C=O) groups is 1. The van der Waals surface area contributed by atoms with Crippen molar-refractivity contribution in [3.63, 3.8) is 0 Å². The SMILES string of the molecule is NC(N)=[NH+]CCNCC1=Cc2cccc3cccc(c23)C1=O. The van der Waals surface area contributed by atoms with E-state index < -0.39 is 0 Å². The molecule has 0 aliphatic heterocycles. The third-order valence-electron chi connectivity index (χ3n) is 3.75. The summed E-state index contributed by atoms with van der Waals surface area (Å²) in [5.74, 6) is 0.296. The summed E-state index contributed by atoms with van der Waals surface area (Å²) in [5.41, 5.74) is 13.3. The van der Waals surface area contributed by atoms with Gasteiger partial charge in [-0.2, -0.15) is 0 Å². The highest BCUT2D eigenvalue weighted by molar-refractivity contribution is 6.22. The predicted molar refractivity (Wildman–Crippen MR) is 88.3 cm³/mol. The molecular formula is C17H19N4O+. The van der Waals surface area contributed by atoms with Crippen molar-refractivity contribution in [3.8, 4) is 0 Å². The van der Waals surface area contributed by atoms with Crippen LogP contribution in [0.4, 0.5) is 0 Å². The Kier molecular flexibility index (Phi) is 3.89. The number of rotatable bonds is 5. The molecule has 0 saturated carbocycles. The monoisotopic (exact) mass is 295 g/mol. The first kappa shape index (κ1) is 14.3. The topological polar surface area (TPSA) is 95.1 Å². The van der Waals surface area contributed by atoms with Gasteiger partial charge in [-0.1, -0.05) is 36.4 Å². The quantitative estimate of drug-likeness (QED) is 0.335. The molecule has 0 amide bonds. The van der Waals surface area contributed by atoms with Crippen LogP contribution in [0.25, 0.3) is 16.8 Å². The van der Waals surface area contributed by atoms with E-state index in [0.717, 1.165) is 27.5 Å². The maximum Gasteiger partial charge on any atom is 0.338 e. The number of guanidine groups is 1. The minimum atomic E-state index is 0.0923. The summed E-state index contributed by atoms with van der Waals surface area (Å²) in [6, 6.07) is 12.0. The zero-order valence-corrected chi connectivity index (χ0v) is 12.2. The summed E-state index contributed by atoms with van der Waals surface area (Å²) in [6.07, 6.45) is 1.97. The van der Waals surface area contributed by atoms with Crippen molar-refractivity contribution in [2.75, 3.05) is 19.6 Å². The van der Waals surface area contributed by atoms with E-state index in [0.29, 0.717) is 19.6 Å². The average molecular weight is 295 g/mol. The predicted octanol–water partition coefficient (Wildman–Crippen LogP) is -0.637. The number of nitrogens with two attached hydrogens (primary N) is 2. The van der Waals surface area contributed by atoms with Gasteiger partial charge in [-0.05, 0) is 17.0 Å². The van der Waals surface area contributed by atoms with Gasteiger partial charge < -0.3 is 5.32 Å². The number of benzene rings is 2. The number of hydrogen-bond donors (Lipinski definition) is 4. The number of Topliss-reactive ketones (excluding diaryl/α,β-unsaturated/α-hetero) is 1. The van der Waals surface area contributed by atoms with E-state index in [2.05, 4.69) is 10.3 Å². The molecule has 1 aliphatic carbocycles. The Morgan fingerprint density at radius 3 is 2.68 bits per heavy atom. The van der Waals surface area contributed by atoms with Gasteiger partial charge in [0.1, 0.15) is 0 Å². The molecule has 2 aromatic carbocycles. The molecule has 0 bridgehead atoms. The van der Waals surface area contributed by atoms with Crippen LogP contribution in [0.5, 0.6) is 0 Å². The van der Waals surface area contributed by atoms with Crippen molar-refractivity contribution < 1.29 is 9.79 Å². The molecule has 5 nitrogen and oxygen atoms in total. The standard InChI is InChI=1S/C17H18N4O/c18-17(19)21-8-7-20-10-13-9-12-5-1-3-11-4-2-6-14(15(11)12)16(13)22/h1-6,9,20H,7-8,10H2,(H4,18,19,21)/p+1. The molecule has 6 N–H and O–H groups in total. The fourth-order valence-electron chi connectivity index (χ4n) is 2.76. The molecular weight excluding hydrogens is 276 g/mol. The van der Waals surface area contributed by atoms with Crippen molar-refractivity contribution in [2.45, 2.75) is 0 Å². The van der Waals surface area contributed by atoms with Gasteiger partial charge in [0.25, 0.3) is 0 Å². The van der Waals surface area contributed by atoms with Gasteiger partial charge >= 0.3 is 5.96 Å². The van der Waals surface area contributed by atoms with Crippen LogP contribution in [-0.4, -0.2) is 31.4 Å². The highest BCUT2D eigenvalue weighted by Crippen LogP contribution is 2.30. The van der Waals surface area contributed by atoms with E-state index in [4.69, 9.17) is 11.5 Å². The summed E-state index contributed by atoms with van der Waals surface area (Å²) in [4.78, 5) is 15.4. The van der Waals surface area contributed by atoms with E-state index in [9.17, 15) is 4.79 Å². The van der Waals surface area contributed by atoms with E-state index in [1.54, 1.807) is 0 Å². The summed E-state index contributed by atoms with van der Waals surface area (Å²) >= 11 is 0. The Hall–Kier alpha value is -2.66. The molecule has 5 heteroatoms. The third kappa shape index (κ3) is 2.71. The summed E-state index contributed by atoms with van der Waals surface area (Å²) in [5, 5.41) is 5.38. The van der Waals surface area contributed by atoms with Gasteiger partial charge in [-0.3, -0.25) is 21.3 Å². The molecule has 0 radical (unpaired) electrons. The van der Waals surface area contributed by atoms with Crippen molar-refractivity contribution in [2.24, 2.45) is 11.5 Å². The van der Waals surface area contributed by atoms with Crippen molar-refractivity contribution in [3.05, 3.63) is 53.1 Å². The normalized spacial score (nSPS) is 13.1. The van der Waals surface area contributed by atoms with Crippen molar-refractivity contribution >= 4 is 28.6 Å². The van der Waals surface area contributed by atoms with Gasteiger partial charge in [-0.25, -0.2) is 0 Å². The minimum Gasteiger partial charge on any atom is -0.309 e. The molecule has 0 atom stereocenters. The Bertz CT molecular complexity index is 783. The van der Waals surface area contributed by atoms with Crippen LogP contribution in [0.3, 0.4) is 0 Å². The van der Waals surface area contributed by atoms with Gasteiger partial charge in [-0.15, -0.1) is 0 Å². The molecule has 3 rings (SSSR count). The van der Waals surface area contributed by atoms with Crippen LogP contribution >= 0.6 is 0 Å². The Labute approximate surface area is 128 Å². The molecule has 112 valence electrons. The third-order valence-corrected chi connectivity index (χ3v) is 3.75. The maximum atomic E-state index is 12.6. The first-order valence-electron chi connectivity index (χ1n) is 7.26. The van der Waals surface area contributed by atoms with Crippen LogP contribution in [0.15, 0.2) is 42.0 Å². The minimum absolute atomic E-state index is 0.0923. The lowest BCUT2D eigenvalue weighted by Crippen LogP contribution is -2.79. The van der Waals surface area contributed by atoms with Gasteiger partial charge in [0.2, 0.25) is 0 Å². The first-order valence-corrected chi connectivity index (χ1v) is 7.26. The molecule has 0 unspecified atom stereocenters. The highest BCUT2D eigenvalue weighted by atomic mass is 16.1.